The summed E-state index contributed by atoms with van der Waals surface area (Å²) in [6, 6.07) is -0.834. The highest BCUT2D eigenvalue weighted by atomic mass is 16.7. The largest absolute Gasteiger partial charge is 0.394 e. The van der Waals surface area contributed by atoms with E-state index in [0.717, 1.165) is 83.5 Å². The summed E-state index contributed by atoms with van der Waals surface area (Å²) in [5.41, 5.74) is 0. The number of hydrogen-bond acceptors (Lipinski definition) is 8. The Kier molecular flexibility index (Phi) is 30.4. The number of allylic oxidation sites excluding steroid dienone is 11. The molecule has 0 spiro atoms. The molecular formula is C43H73NO8. The van der Waals surface area contributed by atoms with Crippen molar-refractivity contribution in [2.45, 2.75) is 179 Å². The first-order valence-electron chi connectivity index (χ1n) is 20.2. The molecule has 7 atom stereocenters. The minimum atomic E-state index is -1.58. The molecule has 6 N–H and O–H groups in total. The Bertz CT molecular complexity index is 1040. The van der Waals surface area contributed by atoms with Crippen molar-refractivity contribution in [3.63, 3.8) is 0 Å². The smallest absolute Gasteiger partial charge is 0.220 e. The standard InChI is InChI=1S/C43H73NO8/c1-3-5-7-9-11-13-15-17-18-19-20-21-23-25-27-29-31-33-39(47)44-36(35-51-43-42(50)41(49)40(48)38(34-45)52-43)37(46)32-30-28-26-24-22-16-14-12-10-8-6-4-2/h5,7,10-13,17-18,22,24,30,32,36-38,40-43,45-46,48-50H,3-4,6,8-9,14-16,19-21,23,25-29,31,33-35H2,1-2H3,(H,44,47)/b7-5-,12-10+,13-11-,18-17-,24-22+,32-30+. The molecule has 0 bridgehead atoms. The molecule has 9 heteroatoms. The van der Waals surface area contributed by atoms with E-state index in [1.54, 1.807) is 6.08 Å². The van der Waals surface area contributed by atoms with Crippen molar-refractivity contribution in [2.75, 3.05) is 13.2 Å². The third kappa shape index (κ3) is 24.0. The average molecular weight is 732 g/mol. The molecular weight excluding hydrogens is 658 g/mol. The van der Waals surface area contributed by atoms with Crippen LogP contribution < -0.4 is 5.32 Å². The van der Waals surface area contributed by atoms with E-state index in [1.807, 2.05) is 6.08 Å². The van der Waals surface area contributed by atoms with E-state index in [4.69, 9.17) is 9.47 Å². The number of hydrogen-bond donors (Lipinski definition) is 6. The molecule has 0 aliphatic carbocycles. The molecule has 1 saturated heterocycles. The van der Waals surface area contributed by atoms with Crippen molar-refractivity contribution < 1.29 is 39.8 Å². The van der Waals surface area contributed by atoms with Crippen LogP contribution in [0, 0.1) is 0 Å². The minimum Gasteiger partial charge on any atom is -0.394 e. The van der Waals surface area contributed by atoms with Crippen LogP contribution in [0.25, 0.3) is 0 Å². The lowest BCUT2D eigenvalue weighted by molar-refractivity contribution is -0.302. The molecule has 0 aromatic heterocycles. The van der Waals surface area contributed by atoms with E-state index in [0.29, 0.717) is 6.42 Å². The second-order valence-electron chi connectivity index (χ2n) is 13.7. The fourth-order valence-corrected chi connectivity index (χ4v) is 5.71. The summed E-state index contributed by atoms with van der Waals surface area (Å²) < 4.78 is 11.1. The van der Waals surface area contributed by atoms with E-state index in [-0.39, 0.29) is 12.5 Å². The zero-order valence-electron chi connectivity index (χ0n) is 32.3. The molecule has 9 nitrogen and oxygen atoms in total. The Labute approximate surface area is 315 Å². The first-order valence-corrected chi connectivity index (χ1v) is 20.2. The van der Waals surface area contributed by atoms with Gasteiger partial charge in [-0.2, -0.15) is 0 Å². The van der Waals surface area contributed by atoms with E-state index in [2.05, 4.69) is 79.9 Å². The summed E-state index contributed by atoms with van der Waals surface area (Å²) in [4.78, 5) is 12.9. The van der Waals surface area contributed by atoms with Gasteiger partial charge in [-0.25, -0.2) is 0 Å². The van der Waals surface area contributed by atoms with Gasteiger partial charge in [-0.05, 0) is 70.6 Å². The maximum atomic E-state index is 12.9. The summed E-state index contributed by atoms with van der Waals surface area (Å²) in [5, 5.41) is 53.9. The Morgan fingerprint density at radius 1 is 0.673 bits per heavy atom. The Morgan fingerprint density at radius 2 is 1.21 bits per heavy atom. The molecule has 0 radical (unpaired) electrons. The minimum absolute atomic E-state index is 0.208. The molecule has 1 heterocycles. The molecule has 1 amide bonds. The van der Waals surface area contributed by atoms with Gasteiger partial charge in [0.05, 0.1) is 25.4 Å². The van der Waals surface area contributed by atoms with Crippen molar-refractivity contribution in [1.29, 1.82) is 0 Å². The summed E-state index contributed by atoms with van der Waals surface area (Å²) in [6.07, 6.45) is 36.6. The van der Waals surface area contributed by atoms with Crippen molar-refractivity contribution in [3.8, 4) is 0 Å². The Balaban J connectivity index is 2.45. The van der Waals surface area contributed by atoms with Crippen LogP contribution in [0.4, 0.5) is 0 Å². The third-order valence-electron chi connectivity index (χ3n) is 8.99. The van der Waals surface area contributed by atoms with E-state index < -0.39 is 49.5 Å². The zero-order chi connectivity index (χ0) is 38.1. The van der Waals surface area contributed by atoms with Gasteiger partial charge < -0.3 is 40.3 Å². The van der Waals surface area contributed by atoms with Crippen LogP contribution in [0.3, 0.4) is 0 Å². The number of carbonyl (C=O) groups is 1. The molecule has 7 unspecified atom stereocenters. The van der Waals surface area contributed by atoms with Gasteiger partial charge >= 0.3 is 0 Å². The first-order chi connectivity index (χ1) is 25.3. The first kappa shape index (κ1) is 47.7. The summed E-state index contributed by atoms with van der Waals surface area (Å²) in [5.74, 6) is -0.208. The normalized spacial score (nSPS) is 22.6. The quantitative estimate of drug-likeness (QED) is 0.0319. The van der Waals surface area contributed by atoms with Gasteiger partial charge in [0.25, 0.3) is 0 Å². The van der Waals surface area contributed by atoms with Crippen LogP contribution in [0.5, 0.6) is 0 Å². The highest BCUT2D eigenvalue weighted by Crippen LogP contribution is 2.22. The van der Waals surface area contributed by atoms with Gasteiger partial charge in [-0.1, -0.05) is 132 Å². The average Bonchev–Trinajstić information content (AvgIpc) is 3.14. The number of unbranched alkanes of at least 4 members (excludes halogenated alkanes) is 11. The molecule has 52 heavy (non-hydrogen) atoms. The number of nitrogens with one attached hydrogen (secondary N) is 1. The highest BCUT2D eigenvalue weighted by molar-refractivity contribution is 5.76. The number of amides is 1. The number of rotatable bonds is 31. The monoisotopic (exact) mass is 732 g/mol. The predicted molar refractivity (Wildman–Crippen MR) is 212 cm³/mol. The zero-order valence-corrected chi connectivity index (χ0v) is 32.3. The summed E-state index contributed by atoms with van der Waals surface area (Å²) in [6.45, 7) is 3.55. The fraction of sp³-hybridized carbons (Fsp3) is 0.698. The summed E-state index contributed by atoms with van der Waals surface area (Å²) >= 11 is 0. The molecule has 0 aromatic carbocycles. The number of ether oxygens (including phenoxy) is 2. The number of aliphatic hydroxyl groups is 5. The van der Waals surface area contributed by atoms with Crippen LogP contribution in [0.2, 0.25) is 0 Å². The second kappa shape index (κ2) is 33.2. The Morgan fingerprint density at radius 3 is 1.85 bits per heavy atom. The SMILES string of the molecule is CC/C=C\C/C=C\C/C=C\CCCCCCCCCC(=O)NC(COC1OC(CO)C(O)C(O)C1O)C(O)/C=C/CC/C=C/CC/C=C/CCCC. The Hall–Kier alpha value is -2.37. The highest BCUT2D eigenvalue weighted by Gasteiger charge is 2.44. The molecule has 0 aromatic rings. The predicted octanol–water partition coefficient (Wildman–Crippen LogP) is 7.44. The van der Waals surface area contributed by atoms with E-state index in [9.17, 15) is 30.3 Å². The van der Waals surface area contributed by atoms with Gasteiger partial charge in [-0.15, -0.1) is 0 Å². The molecule has 1 fully saturated rings. The van der Waals surface area contributed by atoms with E-state index in [1.165, 1.54) is 32.1 Å². The lowest BCUT2D eigenvalue weighted by Gasteiger charge is -2.40. The van der Waals surface area contributed by atoms with Gasteiger partial charge in [0.15, 0.2) is 6.29 Å². The maximum absolute atomic E-state index is 12.9. The lowest BCUT2D eigenvalue weighted by atomic mass is 9.99. The lowest BCUT2D eigenvalue weighted by Crippen LogP contribution is -2.60. The van der Waals surface area contributed by atoms with Crippen molar-refractivity contribution in [2.24, 2.45) is 0 Å². The molecule has 1 aliphatic heterocycles. The second-order valence-corrected chi connectivity index (χ2v) is 13.7. The van der Waals surface area contributed by atoms with Gasteiger partial charge in [-0.3, -0.25) is 4.79 Å². The molecule has 1 aliphatic rings. The molecule has 298 valence electrons. The van der Waals surface area contributed by atoms with Crippen molar-refractivity contribution >= 4 is 5.91 Å². The third-order valence-corrected chi connectivity index (χ3v) is 8.99. The molecule has 0 saturated carbocycles. The van der Waals surface area contributed by atoms with Gasteiger partial charge in [0.1, 0.15) is 24.4 Å². The van der Waals surface area contributed by atoms with Crippen LogP contribution in [-0.2, 0) is 14.3 Å². The fourth-order valence-electron chi connectivity index (χ4n) is 5.71. The topological polar surface area (TPSA) is 149 Å². The summed E-state index contributed by atoms with van der Waals surface area (Å²) in [7, 11) is 0. The van der Waals surface area contributed by atoms with Gasteiger partial charge in [0.2, 0.25) is 5.91 Å². The van der Waals surface area contributed by atoms with Crippen LogP contribution in [0.1, 0.15) is 136 Å². The van der Waals surface area contributed by atoms with Crippen LogP contribution in [0.15, 0.2) is 72.9 Å². The van der Waals surface area contributed by atoms with Crippen LogP contribution >= 0.6 is 0 Å². The maximum Gasteiger partial charge on any atom is 0.220 e. The van der Waals surface area contributed by atoms with Crippen molar-refractivity contribution in [3.05, 3.63) is 72.9 Å². The number of carbonyl (C=O) groups excluding carboxylic acids is 1. The van der Waals surface area contributed by atoms with Crippen molar-refractivity contribution in [1.82, 2.24) is 5.32 Å². The molecule has 1 rings (SSSR count). The van der Waals surface area contributed by atoms with Gasteiger partial charge in [0, 0.05) is 6.42 Å². The van der Waals surface area contributed by atoms with E-state index >= 15 is 0 Å². The van der Waals surface area contributed by atoms with Crippen LogP contribution in [-0.4, -0.2) is 87.5 Å². The number of aliphatic hydroxyl groups excluding tert-OH is 5.